The third-order valence-electron chi connectivity index (χ3n) is 6.34. The highest BCUT2D eigenvalue weighted by atomic mass is 19.1. The molecule has 4 aromatic rings. The summed E-state index contributed by atoms with van der Waals surface area (Å²) < 4.78 is 14.0. The van der Waals surface area contributed by atoms with Crippen molar-refractivity contribution in [2.45, 2.75) is 37.8 Å². The first-order valence-corrected chi connectivity index (χ1v) is 11.8. The number of halogens is 1. The van der Waals surface area contributed by atoms with Crippen molar-refractivity contribution in [1.82, 2.24) is 25.3 Å². The summed E-state index contributed by atoms with van der Waals surface area (Å²) in [6, 6.07) is 13.2. The fourth-order valence-electron chi connectivity index (χ4n) is 4.57. The van der Waals surface area contributed by atoms with Crippen molar-refractivity contribution in [2.24, 2.45) is 11.5 Å². The molecule has 7 N–H and O–H groups in total. The number of nitrogens with zero attached hydrogens (tertiary/aromatic N) is 3. The highest BCUT2D eigenvalue weighted by Gasteiger charge is 2.25. The highest BCUT2D eigenvalue weighted by molar-refractivity contribution is 5.93. The number of hydrogen-bond acceptors (Lipinski definition) is 7. The summed E-state index contributed by atoms with van der Waals surface area (Å²) in [5.74, 6) is 0.315. The third kappa shape index (κ3) is 4.97. The predicted octanol–water partition coefficient (Wildman–Crippen LogP) is 3.42. The van der Waals surface area contributed by atoms with E-state index < -0.39 is 5.82 Å². The van der Waals surface area contributed by atoms with Crippen molar-refractivity contribution in [1.29, 1.82) is 0 Å². The number of anilines is 1. The van der Waals surface area contributed by atoms with Crippen LogP contribution in [0.3, 0.4) is 0 Å². The minimum Gasteiger partial charge on any atom is -0.403 e. The molecule has 1 amide bonds. The number of hydrogen-bond donors (Lipinski definition) is 5. The monoisotopic (exact) mass is 486 g/mol. The molecule has 2 atom stereocenters. The molecular weight excluding hydrogens is 459 g/mol. The molecule has 1 fully saturated rings. The summed E-state index contributed by atoms with van der Waals surface area (Å²) in [5, 5.41) is 7.08. The van der Waals surface area contributed by atoms with E-state index in [0.29, 0.717) is 34.7 Å². The predicted molar refractivity (Wildman–Crippen MR) is 137 cm³/mol. The zero-order valence-electron chi connectivity index (χ0n) is 19.5. The summed E-state index contributed by atoms with van der Waals surface area (Å²) in [6.07, 6.45) is 7.46. The van der Waals surface area contributed by atoms with Crippen LogP contribution in [0.15, 0.2) is 66.8 Å². The van der Waals surface area contributed by atoms with Crippen molar-refractivity contribution >= 4 is 22.8 Å². The van der Waals surface area contributed by atoms with Gasteiger partial charge in [0.15, 0.2) is 5.82 Å². The lowest BCUT2D eigenvalue weighted by Crippen LogP contribution is -2.43. The van der Waals surface area contributed by atoms with Crippen molar-refractivity contribution in [3.8, 4) is 22.6 Å². The SMILES string of the molecule is N/C=C(\N)C(=O)NC1CCCC(Nc2cc(-c3ccccc3)nc(-c3c[nH]c4ncc(F)cc34)n2)C1. The van der Waals surface area contributed by atoms with Gasteiger partial charge in [0.2, 0.25) is 0 Å². The van der Waals surface area contributed by atoms with Gasteiger partial charge in [-0.25, -0.2) is 19.3 Å². The van der Waals surface area contributed by atoms with Gasteiger partial charge in [0.25, 0.3) is 5.91 Å². The molecule has 2 unspecified atom stereocenters. The van der Waals surface area contributed by atoms with E-state index in [-0.39, 0.29) is 23.7 Å². The fraction of sp³-hybridized carbons (Fsp3) is 0.231. The second-order valence-electron chi connectivity index (χ2n) is 8.88. The van der Waals surface area contributed by atoms with Crippen molar-refractivity contribution in [2.75, 3.05) is 5.32 Å². The summed E-state index contributed by atoms with van der Waals surface area (Å²) in [6.45, 7) is 0. The maximum absolute atomic E-state index is 14.0. The van der Waals surface area contributed by atoms with Crippen LogP contribution in [-0.2, 0) is 4.79 Å². The molecule has 36 heavy (non-hydrogen) atoms. The molecule has 1 aromatic carbocycles. The molecule has 5 rings (SSSR count). The van der Waals surface area contributed by atoms with E-state index in [1.165, 1.54) is 12.3 Å². The van der Waals surface area contributed by atoms with Crippen LogP contribution in [0.5, 0.6) is 0 Å². The number of fused-ring (bicyclic) bond motifs is 1. The highest BCUT2D eigenvalue weighted by Crippen LogP contribution is 2.30. The maximum Gasteiger partial charge on any atom is 0.268 e. The van der Waals surface area contributed by atoms with Gasteiger partial charge in [-0.05, 0) is 31.7 Å². The molecule has 3 heterocycles. The van der Waals surface area contributed by atoms with Gasteiger partial charge in [-0.1, -0.05) is 30.3 Å². The Morgan fingerprint density at radius 2 is 1.94 bits per heavy atom. The van der Waals surface area contributed by atoms with Gasteiger partial charge in [0.1, 0.15) is 23.0 Å². The normalized spacial score (nSPS) is 18.2. The largest absolute Gasteiger partial charge is 0.403 e. The van der Waals surface area contributed by atoms with Gasteiger partial charge in [0, 0.05) is 47.1 Å². The van der Waals surface area contributed by atoms with Gasteiger partial charge in [-0.3, -0.25) is 4.79 Å². The Morgan fingerprint density at radius 3 is 2.75 bits per heavy atom. The number of aromatic nitrogens is 4. The second kappa shape index (κ2) is 10.0. The van der Waals surface area contributed by atoms with Gasteiger partial charge >= 0.3 is 0 Å². The van der Waals surface area contributed by atoms with Crippen LogP contribution < -0.4 is 22.1 Å². The fourth-order valence-corrected chi connectivity index (χ4v) is 4.57. The Morgan fingerprint density at radius 1 is 1.14 bits per heavy atom. The van der Waals surface area contributed by atoms with Crippen LogP contribution in [0.1, 0.15) is 25.7 Å². The standard InChI is InChI=1S/C26H27FN8O/c27-16-9-19-20(14-31-24(19)30-13-16)25-34-22(15-5-2-1-3-6-15)11-23(35-25)32-17-7-4-8-18(10-17)33-26(36)21(29)12-28/h1-3,5-6,9,11-14,17-18H,4,7-8,10,28-29H2,(H,30,31)(H,33,36)(H,32,34,35)/b21-12-. The number of pyridine rings is 1. The molecule has 0 bridgehead atoms. The van der Waals surface area contributed by atoms with E-state index in [2.05, 4.69) is 20.6 Å². The number of nitrogens with one attached hydrogen (secondary N) is 3. The van der Waals surface area contributed by atoms with E-state index in [1.54, 1.807) is 6.20 Å². The lowest BCUT2D eigenvalue weighted by Gasteiger charge is -2.30. The molecule has 1 aliphatic carbocycles. The van der Waals surface area contributed by atoms with Gasteiger partial charge in [-0.15, -0.1) is 0 Å². The number of carbonyl (C=O) groups excluding carboxylic acids is 1. The van der Waals surface area contributed by atoms with Crippen molar-refractivity contribution in [3.05, 3.63) is 72.6 Å². The van der Waals surface area contributed by atoms with E-state index in [0.717, 1.165) is 36.7 Å². The van der Waals surface area contributed by atoms with E-state index in [4.69, 9.17) is 21.4 Å². The minimum atomic E-state index is -0.429. The van der Waals surface area contributed by atoms with Crippen LogP contribution in [0.25, 0.3) is 33.7 Å². The molecule has 1 saturated carbocycles. The van der Waals surface area contributed by atoms with E-state index in [9.17, 15) is 9.18 Å². The molecule has 1 aliphatic rings. The number of nitrogens with two attached hydrogens (primary N) is 2. The first-order chi connectivity index (χ1) is 17.5. The number of rotatable bonds is 6. The Balaban J connectivity index is 1.46. The summed E-state index contributed by atoms with van der Waals surface area (Å²) in [5.41, 5.74) is 13.9. The van der Waals surface area contributed by atoms with Crippen LogP contribution in [0.2, 0.25) is 0 Å². The smallest absolute Gasteiger partial charge is 0.268 e. The summed E-state index contributed by atoms with van der Waals surface area (Å²) >= 11 is 0. The van der Waals surface area contributed by atoms with Crippen molar-refractivity contribution in [3.63, 3.8) is 0 Å². The molecule has 10 heteroatoms. The second-order valence-corrected chi connectivity index (χ2v) is 8.88. The first kappa shape index (κ1) is 23.3. The lowest BCUT2D eigenvalue weighted by atomic mass is 9.91. The van der Waals surface area contributed by atoms with Crippen LogP contribution >= 0.6 is 0 Å². The zero-order chi connectivity index (χ0) is 25.1. The molecule has 0 spiro atoms. The molecule has 0 saturated heterocycles. The van der Waals surface area contributed by atoms with E-state index in [1.807, 2.05) is 36.4 Å². The van der Waals surface area contributed by atoms with Crippen LogP contribution in [0.4, 0.5) is 10.2 Å². The molecule has 0 radical (unpaired) electrons. The summed E-state index contributed by atoms with van der Waals surface area (Å²) in [4.78, 5) is 28.9. The number of aromatic amines is 1. The van der Waals surface area contributed by atoms with Gasteiger partial charge in [-0.2, -0.15) is 0 Å². The quantitative estimate of drug-likeness (QED) is 0.262. The molecule has 9 nitrogen and oxygen atoms in total. The molecule has 184 valence electrons. The summed E-state index contributed by atoms with van der Waals surface area (Å²) in [7, 11) is 0. The number of H-pyrrole nitrogens is 1. The topological polar surface area (TPSA) is 148 Å². The average molecular weight is 487 g/mol. The molecule has 0 aliphatic heterocycles. The van der Waals surface area contributed by atoms with Crippen LogP contribution in [-0.4, -0.2) is 37.9 Å². The Bertz CT molecular complexity index is 1420. The number of amides is 1. The van der Waals surface area contributed by atoms with Gasteiger partial charge in [0.05, 0.1) is 11.9 Å². The molecule has 3 aromatic heterocycles. The van der Waals surface area contributed by atoms with E-state index >= 15 is 0 Å². The minimum absolute atomic E-state index is 0.00248. The average Bonchev–Trinajstić information content (AvgIpc) is 3.32. The number of carbonyl (C=O) groups is 1. The maximum atomic E-state index is 14.0. The number of benzene rings is 1. The Hall–Kier alpha value is -4.47. The van der Waals surface area contributed by atoms with Crippen LogP contribution in [0, 0.1) is 5.82 Å². The first-order valence-electron chi connectivity index (χ1n) is 11.8. The van der Waals surface area contributed by atoms with Crippen molar-refractivity contribution < 1.29 is 9.18 Å². The third-order valence-corrected chi connectivity index (χ3v) is 6.34. The zero-order valence-corrected chi connectivity index (χ0v) is 19.5. The Labute approximate surface area is 207 Å². The lowest BCUT2D eigenvalue weighted by molar-refractivity contribution is -0.118. The molecular formula is C26H27FN8O. The Kier molecular flexibility index (Phi) is 6.48. The van der Waals surface area contributed by atoms with Gasteiger partial charge < -0.3 is 27.1 Å².